The van der Waals surface area contributed by atoms with Crippen molar-refractivity contribution in [1.82, 2.24) is 20.0 Å². The van der Waals surface area contributed by atoms with Crippen LogP contribution in [0.5, 0.6) is 0 Å². The van der Waals surface area contributed by atoms with Crippen molar-refractivity contribution in [2.24, 2.45) is 5.92 Å². The number of aryl methyl sites for hydroxylation is 1. The van der Waals surface area contributed by atoms with Gasteiger partial charge in [0.2, 0.25) is 0 Å². The predicted octanol–water partition coefficient (Wildman–Crippen LogP) is 0.315. The highest BCUT2D eigenvalue weighted by Gasteiger charge is 2.33. The molecule has 1 fully saturated rings. The number of nitrogens with one attached hydrogen (secondary N) is 2. The highest BCUT2D eigenvalue weighted by molar-refractivity contribution is 6.39. The van der Waals surface area contributed by atoms with Crippen molar-refractivity contribution < 1.29 is 14.3 Å². The van der Waals surface area contributed by atoms with E-state index >= 15 is 0 Å². The number of ether oxygens (including phenoxy) is 1. The van der Waals surface area contributed by atoms with Crippen molar-refractivity contribution in [3.8, 4) is 0 Å². The molecule has 2 rings (SSSR count). The molecule has 0 bridgehead atoms. The number of methoxy groups -OCH3 is 1. The minimum atomic E-state index is -0.689. The molecule has 1 atom stereocenters. The summed E-state index contributed by atoms with van der Waals surface area (Å²) in [5.41, 5.74) is 0. The molecule has 0 saturated heterocycles. The van der Waals surface area contributed by atoms with Crippen LogP contribution in [0.2, 0.25) is 0 Å². The Labute approximate surface area is 142 Å². The van der Waals surface area contributed by atoms with Crippen LogP contribution >= 0.6 is 0 Å². The van der Waals surface area contributed by atoms with Crippen molar-refractivity contribution in [2.75, 3.05) is 39.7 Å². The summed E-state index contributed by atoms with van der Waals surface area (Å²) in [6.07, 6.45) is 4.97. The monoisotopic (exact) mass is 337 g/mol. The normalized spacial score (nSPS) is 15.3. The zero-order valence-electron chi connectivity index (χ0n) is 14.6. The summed E-state index contributed by atoms with van der Waals surface area (Å²) in [4.78, 5) is 26.0. The van der Waals surface area contributed by atoms with Crippen molar-refractivity contribution in [3.05, 3.63) is 12.3 Å². The molecule has 0 unspecified atom stereocenters. The Morgan fingerprint density at radius 3 is 2.79 bits per heavy atom. The van der Waals surface area contributed by atoms with E-state index in [1.54, 1.807) is 24.1 Å². The lowest BCUT2D eigenvalue weighted by atomic mass is 10.1. The average Bonchev–Trinajstić information content (AvgIpc) is 3.27. The van der Waals surface area contributed by atoms with Gasteiger partial charge in [0.15, 0.2) is 5.82 Å². The van der Waals surface area contributed by atoms with Gasteiger partial charge in [0.05, 0.1) is 0 Å². The van der Waals surface area contributed by atoms with Crippen LogP contribution in [0.3, 0.4) is 0 Å². The van der Waals surface area contributed by atoms with Crippen LogP contribution < -0.4 is 10.6 Å². The number of hydrogen-bond acceptors (Lipinski definition) is 5. The first-order chi connectivity index (χ1) is 11.5. The maximum atomic E-state index is 11.9. The lowest BCUT2D eigenvalue weighted by Gasteiger charge is -2.24. The van der Waals surface area contributed by atoms with E-state index < -0.39 is 11.8 Å². The van der Waals surface area contributed by atoms with E-state index in [0.717, 1.165) is 6.42 Å². The molecule has 2 amide bonds. The molecule has 0 spiro atoms. The quantitative estimate of drug-likeness (QED) is 0.500. The Balaban J connectivity index is 1.75. The van der Waals surface area contributed by atoms with Gasteiger partial charge in [-0.05, 0) is 39.3 Å². The summed E-state index contributed by atoms with van der Waals surface area (Å²) in [6.45, 7) is 1.83. The summed E-state index contributed by atoms with van der Waals surface area (Å²) in [5.74, 6) is -0.327. The minimum absolute atomic E-state index is 0.279. The summed E-state index contributed by atoms with van der Waals surface area (Å²) in [6, 6.07) is 1.95. The molecule has 2 N–H and O–H groups in total. The fourth-order valence-corrected chi connectivity index (χ4v) is 2.63. The Hall–Kier alpha value is -1.93. The molecular weight excluding hydrogens is 310 g/mol. The van der Waals surface area contributed by atoms with Gasteiger partial charge < -0.3 is 20.3 Å². The molecule has 1 heterocycles. The van der Waals surface area contributed by atoms with Crippen LogP contribution in [-0.4, -0.2) is 66.9 Å². The maximum Gasteiger partial charge on any atom is 0.314 e. The smallest absolute Gasteiger partial charge is 0.314 e. The molecule has 134 valence electrons. The number of hydrogen-bond donors (Lipinski definition) is 2. The number of rotatable bonds is 9. The number of carbonyl (C=O) groups excluding carboxylic acids is 2. The van der Waals surface area contributed by atoms with E-state index in [1.165, 1.54) is 12.8 Å². The first-order valence-electron chi connectivity index (χ1n) is 8.29. The summed E-state index contributed by atoms with van der Waals surface area (Å²) >= 11 is 0. The van der Waals surface area contributed by atoms with Gasteiger partial charge in [0.25, 0.3) is 0 Å². The van der Waals surface area contributed by atoms with Gasteiger partial charge in [0.1, 0.15) is 0 Å². The van der Waals surface area contributed by atoms with Gasteiger partial charge in [-0.25, -0.2) is 0 Å². The molecule has 0 aliphatic heterocycles. The highest BCUT2D eigenvalue weighted by Crippen LogP contribution is 2.34. The van der Waals surface area contributed by atoms with Gasteiger partial charge in [-0.3, -0.25) is 14.3 Å². The van der Waals surface area contributed by atoms with Crippen LogP contribution in [0.4, 0.5) is 5.82 Å². The van der Waals surface area contributed by atoms with Gasteiger partial charge in [-0.1, -0.05) is 0 Å². The Morgan fingerprint density at radius 1 is 1.42 bits per heavy atom. The molecule has 1 aromatic heterocycles. The predicted molar refractivity (Wildman–Crippen MR) is 90.6 cm³/mol. The third-order valence-corrected chi connectivity index (χ3v) is 4.13. The topological polar surface area (TPSA) is 88.5 Å². The molecule has 1 saturated carbocycles. The second kappa shape index (κ2) is 8.79. The maximum absolute atomic E-state index is 11.9. The molecule has 8 heteroatoms. The number of amides is 2. The SMILES string of the molecule is COCCCn1ccc(NC(=O)C(=O)NC[C@H](C2CC2)N(C)C)n1. The zero-order valence-corrected chi connectivity index (χ0v) is 14.6. The minimum Gasteiger partial charge on any atom is -0.385 e. The van der Waals surface area contributed by atoms with Crippen molar-refractivity contribution in [3.63, 3.8) is 0 Å². The van der Waals surface area contributed by atoms with Crippen LogP contribution in [-0.2, 0) is 20.9 Å². The number of anilines is 1. The van der Waals surface area contributed by atoms with E-state index in [9.17, 15) is 9.59 Å². The van der Waals surface area contributed by atoms with Gasteiger partial charge in [-0.15, -0.1) is 0 Å². The molecule has 1 aromatic rings. The molecular formula is C16H27N5O3. The van der Waals surface area contributed by atoms with E-state index in [1.807, 2.05) is 14.1 Å². The number of likely N-dealkylation sites (N-methyl/N-ethyl adjacent to an activating group) is 1. The Morgan fingerprint density at radius 2 is 2.17 bits per heavy atom. The van der Waals surface area contributed by atoms with Gasteiger partial charge >= 0.3 is 11.8 Å². The number of aromatic nitrogens is 2. The third kappa shape index (κ3) is 5.61. The van der Waals surface area contributed by atoms with E-state index in [2.05, 4.69) is 20.6 Å². The molecule has 8 nitrogen and oxygen atoms in total. The second-order valence-corrected chi connectivity index (χ2v) is 6.34. The van der Waals surface area contributed by atoms with Gasteiger partial charge in [0, 0.05) is 45.1 Å². The largest absolute Gasteiger partial charge is 0.385 e. The first-order valence-corrected chi connectivity index (χ1v) is 8.29. The summed E-state index contributed by atoms with van der Waals surface area (Å²) < 4.78 is 6.69. The Kier molecular flexibility index (Phi) is 6.74. The summed E-state index contributed by atoms with van der Waals surface area (Å²) in [7, 11) is 5.63. The number of nitrogens with zero attached hydrogens (tertiary/aromatic N) is 3. The van der Waals surface area contributed by atoms with Crippen LogP contribution in [0.15, 0.2) is 12.3 Å². The first kappa shape index (κ1) is 18.4. The fourth-order valence-electron chi connectivity index (χ4n) is 2.63. The molecule has 1 aliphatic rings. The standard InChI is InChI=1S/C16H27N5O3/c1-20(2)13(12-5-6-12)11-17-15(22)16(23)18-14-7-9-21(19-14)8-4-10-24-3/h7,9,12-13H,4-6,8,10-11H2,1-3H3,(H,17,22)(H,18,19,23)/t13-/m1/s1. The van der Waals surface area contributed by atoms with E-state index in [-0.39, 0.29) is 6.04 Å². The third-order valence-electron chi connectivity index (χ3n) is 4.13. The molecule has 1 aliphatic carbocycles. The van der Waals surface area contributed by atoms with Crippen LogP contribution in [0.25, 0.3) is 0 Å². The van der Waals surface area contributed by atoms with Crippen molar-refractivity contribution in [1.29, 1.82) is 0 Å². The van der Waals surface area contributed by atoms with Crippen molar-refractivity contribution in [2.45, 2.75) is 31.8 Å². The molecule has 24 heavy (non-hydrogen) atoms. The van der Waals surface area contributed by atoms with E-state index in [4.69, 9.17) is 4.74 Å². The fraction of sp³-hybridized carbons (Fsp3) is 0.688. The van der Waals surface area contributed by atoms with Crippen molar-refractivity contribution >= 4 is 17.6 Å². The highest BCUT2D eigenvalue weighted by atomic mass is 16.5. The lowest BCUT2D eigenvalue weighted by Crippen LogP contribution is -2.45. The van der Waals surface area contributed by atoms with E-state index in [0.29, 0.717) is 31.4 Å². The zero-order chi connectivity index (χ0) is 17.5. The summed E-state index contributed by atoms with van der Waals surface area (Å²) in [5, 5.41) is 9.44. The lowest BCUT2D eigenvalue weighted by molar-refractivity contribution is -0.136. The Bertz CT molecular complexity index is 552. The van der Waals surface area contributed by atoms with Gasteiger partial charge in [-0.2, -0.15) is 5.10 Å². The van der Waals surface area contributed by atoms with Crippen LogP contribution in [0.1, 0.15) is 19.3 Å². The second-order valence-electron chi connectivity index (χ2n) is 6.34. The molecule has 0 radical (unpaired) electrons. The molecule has 0 aromatic carbocycles. The average molecular weight is 337 g/mol. The van der Waals surface area contributed by atoms with Crippen LogP contribution in [0, 0.1) is 5.92 Å². The number of carbonyl (C=O) groups is 2.